The van der Waals surface area contributed by atoms with Crippen molar-refractivity contribution in [1.29, 1.82) is 0 Å². The second-order valence-corrected chi connectivity index (χ2v) is 6.08. The van der Waals surface area contributed by atoms with Crippen LogP contribution in [0.25, 0.3) is 0 Å². The maximum absolute atomic E-state index is 5.30. The molecule has 0 saturated heterocycles. The van der Waals surface area contributed by atoms with Gasteiger partial charge in [0, 0.05) is 43.2 Å². The largest absolute Gasteiger partial charge is 0.497 e. The second-order valence-electron chi connectivity index (χ2n) is 4.76. The van der Waals surface area contributed by atoms with Gasteiger partial charge in [-0.15, -0.1) is 0 Å². The lowest BCUT2D eigenvalue weighted by atomic mass is 10.3. The van der Waals surface area contributed by atoms with E-state index in [1.807, 2.05) is 29.1 Å². The molecule has 0 bridgehead atoms. The first kappa shape index (κ1) is 17.6. The van der Waals surface area contributed by atoms with Crippen molar-refractivity contribution in [3.8, 4) is 11.5 Å². The number of hydrogen-bond donors (Lipinski definition) is 2. The highest BCUT2D eigenvalue weighted by atomic mass is 79.9. The van der Waals surface area contributed by atoms with Crippen LogP contribution in [0, 0.1) is 0 Å². The van der Waals surface area contributed by atoms with Crippen LogP contribution in [0.3, 0.4) is 0 Å². The van der Waals surface area contributed by atoms with Gasteiger partial charge in [0.15, 0.2) is 5.11 Å². The zero-order chi connectivity index (χ0) is 16.7. The van der Waals surface area contributed by atoms with Gasteiger partial charge < -0.3 is 20.1 Å². The third-order valence-electron chi connectivity index (χ3n) is 3.06. The lowest BCUT2D eigenvalue weighted by Crippen LogP contribution is -2.29. The number of ether oxygens (including phenoxy) is 2. The van der Waals surface area contributed by atoms with Gasteiger partial charge in [0.25, 0.3) is 0 Å². The minimum absolute atomic E-state index is 0.557. The minimum atomic E-state index is 0.557. The van der Waals surface area contributed by atoms with Gasteiger partial charge in [-0.2, -0.15) is 5.10 Å². The summed E-state index contributed by atoms with van der Waals surface area (Å²) < 4.78 is 13.3. The number of nitrogens with zero attached hydrogens (tertiary/aromatic N) is 2. The summed E-state index contributed by atoms with van der Waals surface area (Å²) in [7, 11) is 3.23. The molecule has 0 unspecified atom stereocenters. The van der Waals surface area contributed by atoms with Gasteiger partial charge in [-0.1, -0.05) is 0 Å². The molecule has 0 saturated carbocycles. The third kappa shape index (κ3) is 5.72. The Bertz CT molecular complexity index is 640. The number of benzene rings is 1. The molecule has 2 aromatic rings. The molecule has 8 heteroatoms. The quantitative estimate of drug-likeness (QED) is 0.552. The molecule has 23 heavy (non-hydrogen) atoms. The van der Waals surface area contributed by atoms with E-state index in [-0.39, 0.29) is 0 Å². The summed E-state index contributed by atoms with van der Waals surface area (Å²) in [6.45, 7) is 1.58. The molecule has 0 radical (unpaired) electrons. The van der Waals surface area contributed by atoms with Gasteiger partial charge in [-0.3, -0.25) is 4.68 Å². The summed E-state index contributed by atoms with van der Waals surface area (Å²) in [6.07, 6.45) is 4.63. The van der Waals surface area contributed by atoms with Crippen LogP contribution in [-0.2, 0) is 6.54 Å². The van der Waals surface area contributed by atoms with Crippen LogP contribution in [0.5, 0.6) is 11.5 Å². The van der Waals surface area contributed by atoms with Gasteiger partial charge in [0.05, 0.1) is 24.9 Å². The number of anilines is 1. The van der Waals surface area contributed by atoms with Crippen LogP contribution in [-0.4, -0.2) is 35.7 Å². The Balaban J connectivity index is 1.78. The van der Waals surface area contributed by atoms with E-state index >= 15 is 0 Å². The first-order chi connectivity index (χ1) is 11.1. The Kier molecular flexibility index (Phi) is 6.66. The maximum atomic E-state index is 5.30. The zero-order valence-electron chi connectivity index (χ0n) is 13.0. The van der Waals surface area contributed by atoms with Crippen LogP contribution in [0.1, 0.15) is 6.42 Å². The molecule has 124 valence electrons. The number of hydrogen-bond acceptors (Lipinski definition) is 4. The first-order valence-corrected chi connectivity index (χ1v) is 8.26. The van der Waals surface area contributed by atoms with E-state index in [1.165, 1.54) is 0 Å². The summed E-state index contributed by atoms with van der Waals surface area (Å²) in [5.74, 6) is 1.41. The summed E-state index contributed by atoms with van der Waals surface area (Å²) >= 11 is 8.67. The average molecular weight is 399 g/mol. The highest BCUT2D eigenvalue weighted by Gasteiger charge is 2.04. The van der Waals surface area contributed by atoms with E-state index in [9.17, 15) is 0 Å². The molecule has 0 fully saturated rings. The molecular formula is C15H19BrN4O2S. The highest BCUT2D eigenvalue weighted by Crippen LogP contribution is 2.25. The topological polar surface area (TPSA) is 60.3 Å². The fourth-order valence-electron chi connectivity index (χ4n) is 1.96. The number of halogens is 1. The normalized spacial score (nSPS) is 10.2. The van der Waals surface area contributed by atoms with Crippen molar-refractivity contribution < 1.29 is 9.47 Å². The molecule has 0 amide bonds. The average Bonchev–Trinajstić information content (AvgIpc) is 2.96. The Hall–Kier alpha value is -1.80. The highest BCUT2D eigenvalue weighted by molar-refractivity contribution is 9.10. The van der Waals surface area contributed by atoms with E-state index in [2.05, 4.69) is 31.7 Å². The second kappa shape index (κ2) is 8.73. The maximum Gasteiger partial charge on any atom is 0.170 e. The summed E-state index contributed by atoms with van der Waals surface area (Å²) in [4.78, 5) is 0. The number of rotatable bonds is 7. The van der Waals surface area contributed by atoms with Crippen LogP contribution in [0.15, 0.2) is 35.1 Å². The molecule has 0 atom stereocenters. The van der Waals surface area contributed by atoms with Crippen molar-refractivity contribution in [1.82, 2.24) is 15.1 Å². The molecule has 2 N–H and O–H groups in total. The molecule has 1 aromatic carbocycles. The Morgan fingerprint density at radius 2 is 1.96 bits per heavy atom. The van der Waals surface area contributed by atoms with Gasteiger partial charge in [0.2, 0.25) is 0 Å². The third-order valence-corrected chi connectivity index (χ3v) is 3.72. The molecule has 1 heterocycles. The van der Waals surface area contributed by atoms with E-state index in [4.69, 9.17) is 21.7 Å². The van der Waals surface area contributed by atoms with Gasteiger partial charge in [-0.05, 0) is 34.6 Å². The lowest BCUT2D eigenvalue weighted by Gasteiger charge is -2.13. The molecule has 2 rings (SSSR count). The Labute approximate surface area is 149 Å². The van der Waals surface area contributed by atoms with Crippen LogP contribution in [0.2, 0.25) is 0 Å². The Morgan fingerprint density at radius 1 is 1.26 bits per heavy atom. The minimum Gasteiger partial charge on any atom is -0.497 e. The van der Waals surface area contributed by atoms with Crippen molar-refractivity contribution in [2.75, 3.05) is 26.1 Å². The van der Waals surface area contributed by atoms with Crippen molar-refractivity contribution >= 4 is 38.9 Å². The smallest absolute Gasteiger partial charge is 0.170 e. The molecular weight excluding hydrogens is 380 g/mol. The predicted octanol–water partition coefficient (Wildman–Crippen LogP) is 3.04. The van der Waals surface area contributed by atoms with Crippen molar-refractivity contribution in [3.05, 3.63) is 35.1 Å². The van der Waals surface area contributed by atoms with E-state index < -0.39 is 0 Å². The SMILES string of the molecule is COc1cc(NC(=S)NCCCn2cc(Br)cn2)cc(OC)c1. The number of aromatic nitrogens is 2. The number of aryl methyl sites for hydroxylation is 1. The molecule has 6 nitrogen and oxygen atoms in total. The number of methoxy groups -OCH3 is 2. The van der Waals surface area contributed by atoms with E-state index in [1.54, 1.807) is 20.4 Å². The monoisotopic (exact) mass is 398 g/mol. The lowest BCUT2D eigenvalue weighted by molar-refractivity contribution is 0.395. The molecule has 0 aliphatic heterocycles. The van der Waals surface area contributed by atoms with Crippen molar-refractivity contribution in [2.45, 2.75) is 13.0 Å². The van der Waals surface area contributed by atoms with Gasteiger partial charge >= 0.3 is 0 Å². The zero-order valence-corrected chi connectivity index (χ0v) is 15.4. The standard InChI is InChI=1S/C15H19BrN4O2S/c1-21-13-6-12(7-14(8-13)22-2)19-15(23)17-4-3-5-20-10-11(16)9-18-20/h6-10H,3-5H2,1-2H3,(H2,17,19,23). The van der Waals surface area contributed by atoms with Crippen LogP contribution in [0.4, 0.5) is 5.69 Å². The van der Waals surface area contributed by atoms with Crippen LogP contribution >= 0.6 is 28.1 Å². The summed E-state index contributed by atoms with van der Waals surface area (Å²) in [5.41, 5.74) is 0.815. The van der Waals surface area contributed by atoms with E-state index in [0.717, 1.165) is 29.7 Å². The van der Waals surface area contributed by atoms with E-state index in [0.29, 0.717) is 16.6 Å². The van der Waals surface area contributed by atoms with Gasteiger partial charge in [-0.25, -0.2) is 0 Å². The Morgan fingerprint density at radius 3 is 2.52 bits per heavy atom. The molecule has 0 aliphatic carbocycles. The van der Waals surface area contributed by atoms with Crippen LogP contribution < -0.4 is 20.1 Å². The fraction of sp³-hybridized carbons (Fsp3) is 0.333. The van der Waals surface area contributed by atoms with Gasteiger partial charge in [0.1, 0.15) is 11.5 Å². The first-order valence-electron chi connectivity index (χ1n) is 7.06. The summed E-state index contributed by atoms with van der Waals surface area (Å²) in [6, 6.07) is 5.53. The molecule has 0 spiro atoms. The number of nitrogens with one attached hydrogen (secondary N) is 2. The number of thiocarbonyl (C=S) groups is 1. The fourth-order valence-corrected chi connectivity index (χ4v) is 2.51. The summed E-state index contributed by atoms with van der Waals surface area (Å²) in [5, 5.41) is 11.1. The van der Waals surface area contributed by atoms with Crippen molar-refractivity contribution in [3.63, 3.8) is 0 Å². The molecule has 1 aromatic heterocycles. The predicted molar refractivity (Wildman–Crippen MR) is 98.3 cm³/mol. The molecule has 0 aliphatic rings. The van der Waals surface area contributed by atoms with Crippen molar-refractivity contribution in [2.24, 2.45) is 0 Å².